The minimum absolute atomic E-state index is 0.0113. The van der Waals surface area contributed by atoms with Gasteiger partial charge in [-0.15, -0.1) is 0 Å². The smallest absolute Gasteiger partial charge is 0.407 e. The number of rotatable bonds is 6. The summed E-state index contributed by atoms with van der Waals surface area (Å²) in [5.74, 6) is 0.622. The van der Waals surface area contributed by atoms with Gasteiger partial charge in [0.25, 0.3) is 0 Å². The van der Waals surface area contributed by atoms with Crippen LogP contribution in [0.1, 0.15) is 25.1 Å². The number of amides is 1. The summed E-state index contributed by atoms with van der Waals surface area (Å²) in [6.45, 7) is 3.78. The van der Waals surface area contributed by atoms with Gasteiger partial charge in [0.15, 0.2) is 0 Å². The average Bonchev–Trinajstić information content (AvgIpc) is 3.09. The number of furan rings is 1. The molecular weight excluding hydrogens is 262 g/mol. The molecule has 0 saturated carbocycles. The Morgan fingerprint density at radius 2 is 2.45 bits per heavy atom. The van der Waals surface area contributed by atoms with Gasteiger partial charge in [0.05, 0.1) is 31.6 Å². The molecule has 0 radical (unpaired) electrons. The van der Waals surface area contributed by atoms with Crippen molar-refractivity contribution < 1.29 is 23.8 Å². The fourth-order valence-corrected chi connectivity index (χ4v) is 2.45. The third-order valence-electron chi connectivity index (χ3n) is 3.58. The summed E-state index contributed by atoms with van der Waals surface area (Å²) < 4.78 is 16.4. The molecule has 3 atom stereocenters. The fourth-order valence-electron chi connectivity index (χ4n) is 2.45. The molecule has 1 aromatic rings. The van der Waals surface area contributed by atoms with Gasteiger partial charge in [-0.25, -0.2) is 4.79 Å². The molecule has 0 spiro atoms. The van der Waals surface area contributed by atoms with E-state index >= 15 is 0 Å². The van der Waals surface area contributed by atoms with Crippen LogP contribution in [0.2, 0.25) is 0 Å². The maximum absolute atomic E-state index is 11.2. The second-order valence-corrected chi connectivity index (χ2v) is 5.15. The maximum Gasteiger partial charge on any atom is 0.407 e. The Morgan fingerprint density at radius 3 is 3.00 bits per heavy atom. The molecule has 1 aromatic heterocycles. The Morgan fingerprint density at radius 1 is 1.65 bits per heavy atom. The van der Waals surface area contributed by atoms with E-state index in [1.807, 2.05) is 6.92 Å². The normalized spacial score (nSPS) is 21.6. The van der Waals surface area contributed by atoms with E-state index in [0.717, 1.165) is 13.0 Å². The zero-order chi connectivity index (χ0) is 14.5. The Hall–Kier alpha value is -1.53. The van der Waals surface area contributed by atoms with E-state index in [0.29, 0.717) is 19.0 Å². The van der Waals surface area contributed by atoms with Crippen LogP contribution in [0.5, 0.6) is 0 Å². The van der Waals surface area contributed by atoms with Gasteiger partial charge in [-0.2, -0.15) is 0 Å². The second kappa shape index (κ2) is 6.76. The Balaban J connectivity index is 1.99. The topological polar surface area (TPSA) is 72.1 Å². The minimum atomic E-state index is -0.984. The van der Waals surface area contributed by atoms with Gasteiger partial charge >= 0.3 is 6.09 Å². The number of ether oxygens (including phenoxy) is 2. The van der Waals surface area contributed by atoms with Crippen molar-refractivity contribution in [3.8, 4) is 0 Å². The van der Waals surface area contributed by atoms with Crippen LogP contribution >= 0.6 is 0 Å². The number of hydrogen-bond acceptors (Lipinski definition) is 4. The first-order chi connectivity index (χ1) is 9.59. The largest absolute Gasteiger partial charge is 0.467 e. The van der Waals surface area contributed by atoms with E-state index in [4.69, 9.17) is 13.9 Å². The average molecular weight is 283 g/mol. The van der Waals surface area contributed by atoms with Crippen LogP contribution in [-0.4, -0.2) is 49.1 Å². The van der Waals surface area contributed by atoms with Gasteiger partial charge in [0.2, 0.25) is 0 Å². The molecule has 1 amide bonds. The lowest BCUT2D eigenvalue weighted by atomic mass is 9.99. The summed E-state index contributed by atoms with van der Waals surface area (Å²) in [7, 11) is 1.55. The summed E-state index contributed by atoms with van der Waals surface area (Å²) >= 11 is 0. The van der Waals surface area contributed by atoms with Crippen LogP contribution in [0.15, 0.2) is 22.8 Å². The molecule has 0 aliphatic carbocycles. The van der Waals surface area contributed by atoms with Crippen LogP contribution in [-0.2, 0) is 9.47 Å². The quantitative estimate of drug-likeness (QED) is 0.867. The molecular formula is C14H21NO5. The predicted molar refractivity (Wildman–Crippen MR) is 71.6 cm³/mol. The molecule has 0 aromatic carbocycles. The molecule has 1 aliphatic rings. The van der Waals surface area contributed by atoms with Crippen molar-refractivity contribution in [2.45, 2.75) is 25.5 Å². The molecule has 2 rings (SSSR count). The molecule has 112 valence electrons. The van der Waals surface area contributed by atoms with Crippen molar-refractivity contribution in [2.75, 3.05) is 26.9 Å². The van der Waals surface area contributed by atoms with E-state index in [-0.39, 0.29) is 18.1 Å². The van der Waals surface area contributed by atoms with Gasteiger partial charge in [-0.3, -0.25) is 0 Å². The Kier molecular flexibility index (Phi) is 5.03. The Labute approximate surface area is 118 Å². The lowest BCUT2D eigenvalue weighted by molar-refractivity contribution is 0.00419. The number of nitrogens with zero attached hydrogens (tertiary/aromatic N) is 1. The van der Waals surface area contributed by atoms with Crippen molar-refractivity contribution >= 4 is 6.09 Å². The minimum Gasteiger partial charge on any atom is -0.467 e. The molecule has 1 fully saturated rings. The molecule has 0 bridgehead atoms. The molecule has 20 heavy (non-hydrogen) atoms. The highest BCUT2D eigenvalue weighted by Crippen LogP contribution is 2.29. The van der Waals surface area contributed by atoms with E-state index < -0.39 is 6.09 Å². The van der Waals surface area contributed by atoms with Crippen LogP contribution < -0.4 is 0 Å². The molecule has 2 heterocycles. The predicted octanol–water partition coefficient (Wildman–Crippen LogP) is 2.37. The van der Waals surface area contributed by atoms with Gasteiger partial charge in [0, 0.05) is 19.6 Å². The Bertz CT molecular complexity index is 413. The SMILES string of the molecule is C[C@H](COC1CCOC1)[C@@H](c1ccco1)N(C)C(=O)O. The van der Waals surface area contributed by atoms with E-state index in [1.54, 1.807) is 25.4 Å². The van der Waals surface area contributed by atoms with Crippen molar-refractivity contribution in [3.63, 3.8) is 0 Å². The molecule has 1 unspecified atom stereocenters. The third kappa shape index (κ3) is 3.52. The van der Waals surface area contributed by atoms with Crippen molar-refractivity contribution in [1.29, 1.82) is 0 Å². The molecule has 1 N–H and O–H groups in total. The number of carboxylic acid groups (broad SMARTS) is 1. The lowest BCUT2D eigenvalue weighted by Gasteiger charge is -2.29. The number of carbonyl (C=O) groups is 1. The monoisotopic (exact) mass is 283 g/mol. The lowest BCUT2D eigenvalue weighted by Crippen LogP contribution is -2.35. The summed E-state index contributed by atoms with van der Waals surface area (Å²) in [6.07, 6.45) is 1.58. The first-order valence-electron chi connectivity index (χ1n) is 6.78. The van der Waals surface area contributed by atoms with Gasteiger partial charge in [-0.05, 0) is 18.6 Å². The van der Waals surface area contributed by atoms with E-state index in [2.05, 4.69) is 0 Å². The maximum atomic E-state index is 11.2. The van der Waals surface area contributed by atoms with E-state index in [1.165, 1.54) is 4.90 Å². The van der Waals surface area contributed by atoms with Crippen LogP contribution in [0.25, 0.3) is 0 Å². The molecule has 6 heteroatoms. The summed E-state index contributed by atoms with van der Waals surface area (Å²) in [4.78, 5) is 12.5. The van der Waals surface area contributed by atoms with Crippen LogP contribution in [0.4, 0.5) is 4.79 Å². The second-order valence-electron chi connectivity index (χ2n) is 5.15. The van der Waals surface area contributed by atoms with Crippen molar-refractivity contribution in [2.24, 2.45) is 5.92 Å². The fraction of sp³-hybridized carbons (Fsp3) is 0.643. The summed E-state index contributed by atoms with van der Waals surface area (Å²) in [5.41, 5.74) is 0. The van der Waals surface area contributed by atoms with Gasteiger partial charge in [-0.1, -0.05) is 6.92 Å². The highest BCUT2D eigenvalue weighted by Gasteiger charge is 2.30. The van der Waals surface area contributed by atoms with Crippen molar-refractivity contribution in [1.82, 2.24) is 4.90 Å². The number of hydrogen-bond donors (Lipinski definition) is 1. The van der Waals surface area contributed by atoms with Crippen LogP contribution in [0, 0.1) is 5.92 Å². The van der Waals surface area contributed by atoms with Crippen LogP contribution in [0.3, 0.4) is 0 Å². The van der Waals surface area contributed by atoms with Gasteiger partial charge in [0.1, 0.15) is 5.76 Å². The van der Waals surface area contributed by atoms with Gasteiger partial charge < -0.3 is 23.9 Å². The third-order valence-corrected chi connectivity index (χ3v) is 3.58. The first kappa shape index (κ1) is 14.9. The zero-order valence-electron chi connectivity index (χ0n) is 11.8. The molecule has 6 nitrogen and oxygen atoms in total. The molecule has 1 aliphatic heterocycles. The van der Waals surface area contributed by atoms with Crippen molar-refractivity contribution in [3.05, 3.63) is 24.2 Å². The highest BCUT2D eigenvalue weighted by molar-refractivity contribution is 5.65. The van der Waals surface area contributed by atoms with E-state index in [9.17, 15) is 9.90 Å². The highest BCUT2D eigenvalue weighted by atomic mass is 16.5. The summed E-state index contributed by atoms with van der Waals surface area (Å²) in [6, 6.07) is 3.19. The standard InChI is InChI=1S/C14H21NO5/c1-10(8-20-11-5-7-18-9-11)13(15(2)14(16)17)12-4-3-6-19-12/h3-4,6,10-11,13H,5,7-9H2,1-2H3,(H,16,17)/t10-,11?,13+/m1/s1. The summed E-state index contributed by atoms with van der Waals surface area (Å²) in [5, 5.41) is 9.20. The first-order valence-corrected chi connectivity index (χ1v) is 6.78. The molecule has 1 saturated heterocycles. The zero-order valence-corrected chi connectivity index (χ0v) is 11.8.